The molecule has 3 aromatic rings. The number of amides is 2. The van der Waals surface area contributed by atoms with Crippen LogP contribution in [0.5, 0.6) is 0 Å². The number of imide groups is 1. The Balaban J connectivity index is 1.77. The van der Waals surface area contributed by atoms with Crippen LogP contribution in [0.1, 0.15) is 16.7 Å². The molecule has 1 aliphatic rings. The van der Waals surface area contributed by atoms with E-state index in [1.165, 1.54) is 16.7 Å². The lowest BCUT2D eigenvalue weighted by molar-refractivity contribution is -0.120. The molecule has 2 amide bonds. The highest BCUT2D eigenvalue weighted by Crippen LogP contribution is 2.38. The van der Waals surface area contributed by atoms with Gasteiger partial charge in [0.2, 0.25) is 0 Å². The molecule has 1 N–H and O–H groups in total. The average Bonchev–Trinajstić information content (AvgIpc) is 2.95. The van der Waals surface area contributed by atoms with Crippen LogP contribution in [-0.4, -0.2) is 11.8 Å². The summed E-state index contributed by atoms with van der Waals surface area (Å²) in [6.45, 7) is 5.99. The maximum Gasteiger partial charge on any atom is 0.283 e. The molecule has 4 rings (SSSR count). The van der Waals surface area contributed by atoms with Crippen molar-refractivity contribution in [2.24, 2.45) is 0 Å². The van der Waals surface area contributed by atoms with Gasteiger partial charge in [-0.2, -0.15) is 0 Å². The van der Waals surface area contributed by atoms with Crippen molar-refractivity contribution in [1.29, 1.82) is 0 Å². The minimum absolute atomic E-state index is 0.266. The lowest BCUT2D eigenvalue weighted by Crippen LogP contribution is -2.32. The Labute approximate surface area is 190 Å². The first-order valence-corrected chi connectivity index (χ1v) is 11.0. The zero-order valence-corrected chi connectivity index (χ0v) is 19.0. The summed E-state index contributed by atoms with van der Waals surface area (Å²) in [4.78, 5) is 29.2. The van der Waals surface area contributed by atoms with E-state index in [1.54, 1.807) is 24.3 Å². The standard InChI is InChI=1S/C25H21ClN2O2S/c1-15-7-10-20(11-8-15)31-23-22(27-21-12-9-16(2)13-17(21)3)24(29)28(25(23)30)19-6-4-5-18(26)14-19/h4-14,27H,1-3H3. The van der Waals surface area contributed by atoms with Crippen LogP contribution >= 0.6 is 23.4 Å². The SMILES string of the molecule is Cc1ccc(SC2=C(Nc3ccc(C)cc3C)C(=O)N(c3cccc(Cl)c3)C2=O)cc1. The molecular formula is C25H21ClN2O2S. The Kier molecular flexibility index (Phi) is 5.90. The normalized spacial score (nSPS) is 13.9. The predicted octanol–water partition coefficient (Wildman–Crippen LogP) is 6.25. The molecule has 0 radical (unpaired) electrons. The number of halogens is 1. The fourth-order valence-corrected chi connectivity index (χ4v) is 4.49. The van der Waals surface area contributed by atoms with Gasteiger partial charge in [-0.05, 0) is 62.7 Å². The summed E-state index contributed by atoms with van der Waals surface area (Å²) in [6.07, 6.45) is 0. The van der Waals surface area contributed by atoms with Gasteiger partial charge in [-0.25, -0.2) is 4.90 Å². The Morgan fingerprint density at radius 3 is 2.23 bits per heavy atom. The molecule has 6 heteroatoms. The third-order valence-corrected chi connectivity index (χ3v) is 6.32. The molecule has 0 fully saturated rings. The predicted molar refractivity (Wildman–Crippen MR) is 128 cm³/mol. The number of anilines is 2. The van der Waals surface area contributed by atoms with Crippen molar-refractivity contribution in [1.82, 2.24) is 0 Å². The number of thioether (sulfide) groups is 1. The van der Waals surface area contributed by atoms with Crippen LogP contribution in [0.3, 0.4) is 0 Å². The minimum atomic E-state index is -0.401. The Bertz CT molecular complexity index is 1220. The van der Waals surface area contributed by atoms with Gasteiger partial charge in [0, 0.05) is 15.6 Å². The second-order valence-corrected chi connectivity index (χ2v) is 9.01. The smallest absolute Gasteiger partial charge is 0.283 e. The molecule has 1 aliphatic heterocycles. The van der Waals surface area contributed by atoms with Gasteiger partial charge in [-0.1, -0.05) is 64.8 Å². The number of nitrogens with zero attached hydrogens (tertiary/aromatic N) is 1. The summed E-state index contributed by atoms with van der Waals surface area (Å²) < 4.78 is 0. The van der Waals surface area contributed by atoms with Gasteiger partial charge in [0.25, 0.3) is 11.8 Å². The van der Waals surface area contributed by atoms with Gasteiger partial charge in [0.1, 0.15) is 10.6 Å². The van der Waals surface area contributed by atoms with E-state index in [-0.39, 0.29) is 11.6 Å². The van der Waals surface area contributed by atoms with Crippen LogP contribution in [0.25, 0.3) is 0 Å². The number of hydrogen-bond acceptors (Lipinski definition) is 4. The fraction of sp³-hybridized carbons (Fsp3) is 0.120. The van der Waals surface area contributed by atoms with E-state index in [0.717, 1.165) is 27.3 Å². The van der Waals surface area contributed by atoms with Crippen LogP contribution in [0.2, 0.25) is 5.02 Å². The second kappa shape index (κ2) is 8.61. The highest BCUT2D eigenvalue weighted by molar-refractivity contribution is 8.04. The fourth-order valence-electron chi connectivity index (χ4n) is 3.38. The van der Waals surface area contributed by atoms with Crippen LogP contribution in [-0.2, 0) is 9.59 Å². The molecule has 0 spiro atoms. The van der Waals surface area contributed by atoms with Crippen molar-refractivity contribution >= 4 is 46.6 Å². The van der Waals surface area contributed by atoms with Gasteiger partial charge < -0.3 is 5.32 Å². The highest BCUT2D eigenvalue weighted by Gasteiger charge is 2.40. The zero-order valence-electron chi connectivity index (χ0n) is 17.4. The van der Waals surface area contributed by atoms with Gasteiger partial charge in [0.05, 0.1) is 5.69 Å². The Morgan fingerprint density at radius 2 is 1.55 bits per heavy atom. The molecule has 31 heavy (non-hydrogen) atoms. The number of carbonyl (C=O) groups is 2. The van der Waals surface area contributed by atoms with Gasteiger partial charge in [-0.15, -0.1) is 0 Å². The van der Waals surface area contributed by atoms with E-state index in [2.05, 4.69) is 5.32 Å². The molecule has 0 atom stereocenters. The first-order chi connectivity index (χ1) is 14.8. The lowest BCUT2D eigenvalue weighted by atomic mass is 10.1. The summed E-state index contributed by atoms with van der Waals surface area (Å²) in [7, 11) is 0. The summed E-state index contributed by atoms with van der Waals surface area (Å²) in [5, 5.41) is 3.69. The van der Waals surface area contributed by atoms with Crippen LogP contribution in [0, 0.1) is 20.8 Å². The minimum Gasteiger partial charge on any atom is -0.350 e. The number of carbonyl (C=O) groups excluding carboxylic acids is 2. The monoisotopic (exact) mass is 448 g/mol. The van der Waals surface area contributed by atoms with E-state index in [4.69, 9.17) is 11.6 Å². The lowest BCUT2D eigenvalue weighted by Gasteiger charge is -2.16. The van der Waals surface area contributed by atoms with E-state index < -0.39 is 5.91 Å². The number of aryl methyl sites for hydroxylation is 3. The molecular weight excluding hydrogens is 428 g/mol. The van der Waals surface area contributed by atoms with Crippen molar-refractivity contribution in [3.05, 3.63) is 99.0 Å². The topological polar surface area (TPSA) is 49.4 Å². The number of rotatable bonds is 5. The second-order valence-electron chi connectivity index (χ2n) is 7.49. The molecule has 1 heterocycles. The maximum absolute atomic E-state index is 13.4. The molecule has 0 bridgehead atoms. The molecule has 0 unspecified atom stereocenters. The van der Waals surface area contributed by atoms with Crippen molar-refractivity contribution in [3.63, 3.8) is 0 Å². The summed E-state index contributed by atoms with van der Waals surface area (Å²) in [6, 6.07) is 20.5. The highest BCUT2D eigenvalue weighted by atomic mass is 35.5. The van der Waals surface area contributed by atoms with Crippen molar-refractivity contribution in [2.45, 2.75) is 25.7 Å². The summed E-state index contributed by atoms with van der Waals surface area (Å²) in [5.41, 5.74) is 4.75. The van der Waals surface area contributed by atoms with Crippen LogP contribution in [0.15, 0.2) is 82.2 Å². The largest absolute Gasteiger partial charge is 0.350 e. The third-order valence-electron chi connectivity index (χ3n) is 4.99. The summed E-state index contributed by atoms with van der Waals surface area (Å²) >= 11 is 7.40. The van der Waals surface area contributed by atoms with Crippen molar-refractivity contribution < 1.29 is 9.59 Å². The maximum atomic E-state index is 13.4. The van der Waals surface area contributed by atoms with Crippen LogP contribution in [0.4, 0.5) is 11.4 Å². The molecule has 0 aromatic heterocycles. The average molecular weight is 449 g/mol. The van der Waals surface area contributed by atoms with Gasteiger partial charge in [0.15, 0.2) is 0 Å². The van der Waals surface area contributed by atoms with E-state index in [0.29, 0.717) is 15.6 Å². The molecule has 4 nitrogen and oxygen atoms in total. The molecule has 0 saturated heterocycles. The van der Waals surface area contributed by atoms with E-state index >= 15 is 0 Å². The van der Waals surface area contributed by atoms with Crippen LogP contribution < -0.4 is 10.2 Å². The first kappa shape index (κ1) is 21.2. The molecule has 0 aliphatic carbocycles. The van der Waals surface area contributed by atoms with Gasteiger partial charge in [-0.3, -0.25) is 9.59 Å². The van der Waals surface area contributed by atoms with E-state index in [1.807, 2.05) is 63.2 Å². The number of hydrogen-bond donors (Lipinski definition) is 1. The van der Waals surface area contributed by atoms with E-state index in [9.17, 15) is 9.59 Å². The molecule has 3 aromatic carbocycles. The molecule has 156 valence electrons. The zero-order chi connectivity index (χ0) is 22.1. The number of benzene rings is 3. The third kappa shape index (κ3) is 4.38. The number of nitrogens with one attached hydrogen (secondary N) is 1. The van der Waals surface area contributed by atoms with Gasteiger partial charge >= 0.3 is 0 Å². The summed E-state index contributed by atoms with van der Waals surface area (Å²) in [5.74, 6) is -0.771. The van der Waals surface area contributed by atoms with Crippen molar-refractivity contribution in [3.8, 4) is 0 Å². The Hall–Kier alpha value is -3.02. The molecule has 0 saturated carbocycles. The van der Waals surface area contributed by atoms with Crippen molar-refractivity contribution in [2.75, 3.05) is 10.2 Å². The Morgan fingerprint density at radius 1 is 0.839 bits per heavy atom. The quantitative estimate of drug-likeness (QED) is 0.468. The first-order valence-electron chi connectivity index (χ1n) is 9.81.